The fraction of sp³-hybridized carbons (Fsp3) is 0.417. The van der Waals surface area contributed by atoms with Crippen LogP contribution in [0.3, 0.4) is 0 Å². The number of aryl methyl sites for hydroxylation is 1. The van der Waals surface area contributed by atoms with Crippen molar-refractivity contribution < 1.29 is 14.6 Å². The van der Waals surface area contributed by atoms with E-state index in [-0.39, 0.29) is 5.92 Å². The fourth-order valence-corrected chi connectivity index (χ4v) is 3.20. The van der Waals surface area contributed by atoms with Crippen molar-refractivity contribution in [1.82, 2.24) is 0 Å². The minimum Gasteiger partial charge on any atom is -0.515 e. The van der Waals surface area contributed by atoms with E-state index in [1.807, 2.05) is 5.38 Å². The summed E-state index contributed by atoms with van der Waals surface area (Å²) in [5, 5.41) is 11.2. The molecule has 0 aliphatic heterocycles. The molecule has 3 nitrogen and oxygen atoms in total. The number of carbonyl (C=O) groups excluding carboxylic acids is 1. The number of fused-ring (bicyclic) bond motifs is 1. The number of thiophene rings is 1. The first-order valence-corrected chi connectivity index (χ1v) is 6.23. The van der Waals surface area contributed by atoms with Gasteiger partial charge in [0.1, 0.15) is 0 Å². The van der Waals surface area contributed by atoms with Gasteiger partial charge in [0, 0.05) is 10.8 Å². The summed E-state index contributed by atoms with van der Waals surface area (Å²) in [7, 11) is 0. The number of hydrogen-bond donors (Lipinski definition) is 1. The minimum absolute atomic E-state index is 0.0130. The van der Waals surface area contributed by atoms with Crippen LogP contribution >= 0.6 is 11.3 Å². The first-order valence-electron chi connectivity index (χ1n) is 5.35. The van der Waals surface area contributed by atoms with E-state index in [0.29, 0.717) is 12.2 Å². The lowest BCUT2D eigenvalue weighted by Gasteiger charge is -2.12. The highest BCUT2D eigenvalue weighted by molar-refractivity contribution is 7.10. The Morgan fingerprint density at radius 2 is 2.56 bits per heavy atom. The van der Waals surface area contributed by atoms with Gasteiger partial charge in [-0.1, -0.05) is 0 Å². The number of aliphatic hydroxyl groups excluding tert-OH is 1. The molecule has 1 aromatic rings. The Balaban J connectivity index is 2.22. The maximum atomic E-state index is 11.6. The van der Waals surface area contributed by atoms with Crippen molar-refractivity contribution in [3.8, 4) is 0 Å². The summed E-state index contributed by atoms with van der Waals surface area (Å²) in [6.07, 6.45) is 2.75. The van der Waals surface area contributed by atoms with Crippen molar-refractivity contribution in [1.29, 1.82) is 0 Å². The topological polar surface area (TPSA) is 46.5 Å². The smallest absolute Gasteiger partial charge is 0.337 e. The van der Waals surface area contributed by atoms with Gasteiger partial charge < -0.3 is 9.84 Å². The Morgan fingerprint density at radius 3 is 3.25 bits per heavy atom. The Bertz CT molecular complexity index is 420. The summed E-state index contributed by atoms with van der Waals surface area (Å²) in [6, 6.07) is 2.08. The molecule has 0 fully saturated rings. The zero-order valence-corrected chi connectivity index (χ0v) is 9.92. The predicted octanol–water partition coefficient (Wildman–Crippen LogP) is 2.78. The van der Waals surface area contributed by atoms with Gasteiger partial charge in [0.15, 0.2) is 0 Å². The molecule has 4 heteroatoms. The summed E-state index contributed by atoms with van der Waals surface area (Å²) in [5.74, 6) is -0.393. The summed E-state index contributed by atoms with van der Waals surface area (Å²) in [5.41, 5.74) is 1.67. The van der Waals surface area contributed by atoms with Crippen molar-refractivity contribution in [3.05, 3.63) is 33.7 Å². The predicted molar refractivity (Wildman–Crippen MR) is 62.7 cm³/mol. The van der Waals surface area contributed by atoms with E-state index in [1.165, 1.54) is 10.4 Å². The van der Waals surface area contributed by atoms with Crippen LogP contribution in [0.15, 0.2) is 23.3 Å². The van der Waals surface area contributed by atoms with Crippen LogP contribution in [0.2, 0.25) is 0 Å². The molecule has 1 heterocycles. The van der Waals surface area contributed by atoms with Gasteiger partial charge in [0.2, 0.25) is 0 Å². The van der Waals surface area contributed by atoms with Crippen molar-refractivity contribution in [2.45, 2.75) is 25.7 Å². The molecule has 0 saturated carbocycles. The van der Waals surface area contributed by atoms with Crippen molar-refractivity contribution in [3.63, 3.8) is 0 Å². The van der Waals surface area contributed by atoms with Gasteiger partial charge in [0.25, 0.3) is 0 Å². The van der Waals surface area contributed by atoms with Crippen LogP contribution in [0, 0.1) is 0 Å². The summed E-state index contributed by atoms with van der Waals surface area (Å²) < 4.78 is 4.94. The van der Waals surface area contributed by atoms with Crippen LogP contribution in [0.4, 0.5) is 0 Å². The van der Waals surface area contributed by atoms with Gasteiger partial charge in [-0.3, -0.25) is 0 Å². The molecular formula is C12H14O3S. The molecule has 0 aromatic carbocycles. The van der Waals surface area contributed by atoms with E-state index in [4.69, 9.17) is 4.74 Å². The van der Waals surface area contributed by atoms with E-state index < -0.39 is 5.97 Å². The van der Waals surface area contributed by atoms with Crippen LogP contribution in [-0.2, 0) is 16.0 Å². The zero-order chi connectivity index (χ0) is 11.5. The zero-order valence-electron chi connectivity index (χ0n) is 9.10. The Hall–Kier alpha value is -1.29. The van der Waals surface area contributed by atoms with Crippen LogP contribution in [0.25, 0.3) is 0 Å². The monoisotopic (exact) mass is 238 g/mol. The van der Waals surface area contributed by atoms with E-state index in [9.17, 15) is 9.90 Å². The van der Waals surface area contributed by atoms with E-state index in [1.54, 1.807) is 18.3 Å². The van der Waals surface area contributed by atoms with Crippen LogP contribution in [0.5, 0.6) is 0 Å². The quantitative estimate of drug-likeness (QED) is 0.500. The molecule has 2 rings (SSSR count). The standard InChI is InChI=1S/C12H14O3S/c1-2-15-12(14)10(7-13)9-4-3-8-5-6-16-11(8)9/h5-7,9,13H,2-4H2,1H3/b10-7+. The van der Waals surface area contributed by atoms with Gasteiger partial charge in [-0.05, 0) is 36.8 Å². The molecule has 1 unspecified atom stereocenters. The molecule has 0 bridgehead atoms. The average Bonchev–Trinajstić information content (AvgIpc) is 2.83. The molecule has 16 heavy (non-hydrogen) atoms. The van der Waals surface area contributed by atoms with Gasteiger partial charge in [-0.25, -0.2) is 4.79 Å². The second-order valence-corrected chi connectivity index (χ2v) is 4.65. The Labute approximate surface area is 98.4 Å². The van der Waals surface area contributed by atoms with Crippen molar-refractivity contribution >= 4 is 17.3 Å². The third-order valence-electron chi connectivity index (χ3n) is 2.83. The first kappa shape index (κ1) is 11.2. The molecule has 0 radical (unpaired) electrons. The van der Waals surface area contributed by atoms with Crippen LogP contribution in [0.1, 0.15) is 29.7 Å². The highest BCUT2D eigenvalue weighted by atomic mass is 32.1. The summed E-state index contributed by atoms with van der Waals surface area (Å²) in [6.45, 7) is 2.10. The normalized spacial score (nSPS) is 19.6. The minimum atomic E-state index is -0.406. The van der Waals surface area contributed by atoms with E-state index >= 15 is 0 Å². The van der Waals surface area contributed by atoms with Gasteiger partial charge in [-0.2, -0.15) is 0 Å². The molecule has 0 amide bonds. The van der Waals surface area contributed by atoms with Gasteiger partial charge >= 0.3 is 5.97 Å². The SMILES string of the molecule is CCOC(=O)/C(=C/O)C1CCc2ccsc21. The van der Waals surface area contributed by atoms with E-state index in [2.05, 4.69) is 6.07 Å². The highest BCUT2D eigenvalue weighted by Gasteiger charge is 2.31. The van der Waals surface area contributed by atoms with Gasteiger partial charge in [0.05, 0.1) is 18.4 Å². The van der Waals surface area contributed by atoms with Crippen LogP contribution in [-0.4, -0.2) is 17.7 Å². The average molecular weight is 238 g/mol. The number of hydrogen-bond acceptors (Lipinski definition) is 4. The second-order valence-electron chi connectivity index (χ2n) is 3.71. The van der Waals surface area contributed by atoms with Gasteiger partial charge in [-0.15, -0.1) is 11.3 Å². The maximum absolute atomic E-state index is 11.6. The number of ether oxygens (including phenoxy) is 1. The largest absolute Gasteiger partial charge is 0.515 e. The number of rotatable bonds is 3. The van der Waals surface area contributed by atoms with Crippen molar-refractivity contribution in [2.75, 3.05) is 6.61 Å². The lowest BCUT2D eigenvalue weighted by Crippen LogP contribution is -2.13. The third-order valence-corrected chi connectivity index (χ3v) is 3.90. The number of carbonyl (C=O) groups is 1. The lowest BCUT2D eigenvalue weighted by molar-refractivity contribution is -0.139. The van der Waals surface area contributed by atoms with E-state index in [0.717, 1.165) is 19.1 Å². The maximum Gasteiger partial charge on any atom is 0.337 e. The Kier molecular flexibility index (Phi) is 3.29. The molecule has 1 aromatic heterocycles. The summed E-state index contributed by atoms with van der Waals surface area (Å²) in [4.78, 5) is 12.8. The number of esters is 1. The van der Waals surface area contributed by atoms with Crippen LogP contribution < -0.4 is 0 Å². The molecule has 1 aliphatic carbocycles. The molecular weight excluding hydrogens is 224 g/mol. The second kappa shape index (κ2) is 4.70. The lowest BCUT2D eigenvalue weighted by atomic mass is 9.99. The molecule has 0 saturated heterocycles. The number of aliphatic hydroxyl groups is 1. The fourth-order valence-electron chi connectivity index (χ4n) is 2.09. The first-order chi connectivity index (χ1) is 7.77. The molecule has 1 atom stereocenters. The summed E-state index contributed by atoms with van der Waals surface area (Å²) >= 11 is 1.64. The van der Waals surface area contributed by atoms with Crippen molar-refractivity contribution in [2.24, 2.45) is 0 Å². The third kappa shape index (κ3) is 1.85. The molecule has 1 aliphatic rings. The highest BCUT2D eigenvalue weighted by Crippen LogP contribution is 2.41. The molecule has 0 spiro atoms. The molecule has 86 valence electrons. The Morgan fingerprint density at radius 1 is 1.75 bits per heavy atom. The molecule has 1 N–H and O–H groups in total.